The lowest BCUT2D eigenvalue weighted by Gasteiger charge is -2.22. The number of carbonyl (C=O) groups is 2. The molecule has 9 heteroatoms. The van der Waals surface area contributed by atoms with Gasteiger partial charge in [0.25, 0.3) is 5.91 Å². The van der Waals surface area contributed by atoms with E-state index in [1.54, 1.807) is 63.4 Å². The van der Waals surface area contributed by atoms with Gasteiger partial charge in [0.15, 0.2) is 6.10 Å². The minimum absolute atomic E-state index is 0.116. The number of nitrogens with zero attached hydrogens (tertiary/aromatic N) is 2. The smallest absolute Gasteiger partial charge is 0.267 e. The van der Waals surface area contributed by atoms with Crippen LogP contribution in [0.3, 0.4) is 0 Å². The maximum Gasteiger partial charge on any atom is 0.267 e. The maximum atomic E-state index is 13.7. The van der Waals surface area contributed by atoms with Crippen LogP contribution in [0.1, 0.15) is 13.8 Å². The van der Waals surface area contributed by atoms with E-state index in [9.17, 15) is 23.5 Å². The second-order valence-corrected chi connectivity index (χ2v) is 8.94. The molecule has 0 radical (unpaired) electrons. The molecule has 0 spiro atoms. The zero-order valence-electron chi connectivity index (χ0n) is 19.8. The molecular weight excluding hydrogens is 522 g/mol. The number of likely N-dealkylation sites (N-methyl/N-ethyl adjacent to an activating group) is 1. The summed E-state index contributed by atoms with van der Waals surface area (Å²) in [5.74, 6) is -0.828. The van der Waals surface area contributed by atoms with Gasteiger partial charge in [-0.2, -0.15) is 0 Å². The Labute approximate surface area is 211 Å². The van der Waals surface area contributed by atoms with Gasteiger partial charge in [0, 0.05) is 14.1 Å². The predicted molar refractivity (Wildman–Crippen MR) is 136 cm³/mol. The Hall–Kier alpha value is -3.46. The summed E-state index contributed by atoms with van der Waals surface area (Å²) in [7, 11) is 3.05. The molecule has 3 aromatic rings. The second kappa shape index (κ2) is 12.9. The number of phenolic OH excluding ortho intramolecular Hbond substituents is 1. The van der Waals surface area contributed by atoms with Crippen molar-refractivity contribution in [2.24, 2.45) is 0 Å². The number of alkyl halides is 1. The van der Waals surface area contributed by atoms with Crippen LogP contribution >= 0.6 is 15.9 Å². The zero-order valence-corrected chi connectivity index (χ0v) is 21.4. The molecule has 0 bridgehead atoms. The van der Waals surface area contributed by atoms with Gasteiger partial charge in [-0.15, -0.1) is 0 Å². The van der Waals surface area contributed by atoms with Crippen molar-refractivity contribution >= 4 is 39.1 Å². The van der Waals surface area contributed by atoms with Crippen molar-refractivity contribution in [3.63, 3.8) is 0 Å². The van der Waals surface area contributed by atoms with Crippen LogP contribution in [-0.4, -0.2) is 41.9 Å². The third kappa shape index (κ3) is 7.78. The van der Waals surface area contributed by atoms with Gasteiger partial charge >= 0.3 is 0 Å². The topological polar surface area (TPSA) is 70.1 Å². The van der Waals surface area contributed by atoms with Gasteiger partial charge in [0.05, 0.1) is 16.2 Å². The Bertz CT molecular complexity index is 1140. The summed E-state index contributed by atoms with van der Waals surface area (Å²) in [4.78, 5) is 26.0. The number of aromatic hydroxyl groups is 1. The first-order valence-electron chi connectivity index (χ1n) is 10.7. The highest BCUT2D eigenvalue weighted by Gasteiger charge is 2.22. The van der Waals surface area contributed by atoms with Gasteiger partial charge < -0.3 is 19.6 Å². The first-order valence-corrected chi connectivity index (χ1v) is 11.6. The molecule has 35 heavy (non-hydrogen) atoms. The zero-order chi connectivity index (χ0) is 26.1. The van der Waals surface area contributed by atoms with Crippen LogP contribution in [0.5, 0.6) is 11.5 Å². The van der Waals surface area contributed by atoms with Crippen molar-refractivity contribution in [2.75, 3.05) is 23.9 Å². The summed E-state index contributed by atoms with van der Waals surface area (Å²) >= 11 is 3.15. The first-order chi connectivity index (χ1) is 16.5. The summed E-state index contributed by atoms with van der Waals surface area (Å²) in [5.41, 5.74) is 0.493. The number of rotatable bonds is 6. The van der Waals surface area contributed by atoms with E-state index in [0.29, 0.717) is 11.4 Å². The average molecular weight is 549 g/mol. The fourth-order valence-corrected chi connectivity index (χ4v) is 3.31. The standard InChI is InChI=1S/C16H16FNO3.C10H11BrFNO/c1-11(21-13-9-7-12(19)8-10-13)16(20)18(2)15-6-4-3-5-14(15)17;1-7(11)10(14)13(2)9-6-4-3-5-8(9)12/h3-11,19H,1-2H3;3-7H,1-2H3/t11-;7-/m10/s1. The van der Waals surface area contributed by atoms with Crippen molar-refractivity contribution < 1.29 is 28.2 Å². The van der Waals surface area contributed by atoms with Gasteiger partial charge in [-0.05, 0) is 62.4 Å². The second-order valence-electron chi connectivity index (χ2n) is 7.57. The highest BCUT2D eigenvalue weighted by molar-refractivity contribution is 9.10. The predicted octanol–water partition coefficient (Wildman–Crippen LogP) is 5.53. The number of hydrogen-bond donors (Lipinski definition) is 1. The Morgan fingerprint density at radius 1 is 0.800 bits per heavy atom. The van der Waals surface area contributed by atoms with Crippen LogP contribution in [0.15, 0.2) is 72.8 Å². The number of ether oxygens (including phenoxy) is 1. The van der Waals surface area contributed by atoms with Gasteiger partial charge in [-0.3, -0.25) is 9.59 Å². The van der Waals surface area contributed by atoms with E-state index in [2.05, 4.69) is 15.9 Å². The maximum absolute atomic E-state index is 13.7. The number of anilines is 2. The van der Waals surface area contributed by atoms with Gasteiger partial charge in [0.2, 0.25) is 5.91 Å². The lowest BCUT2D eigenvalue weighted by molar-refractivity contribution is -0.124. The molecule has 0 aliphatic carbocycles. The summed E-state index contributed by atoms with van der Waals surface area (Å²) in [6, 6.07) is 18.3. The number of phenols is 1. The van der Waals surface area contributed by atoms with Crippen LogP contribution in [0, 0.1) is 11.6 Å². The molecule has 0 heterocycles. The lowest BCUT2D eigenvalue weighted by atomic mass is 10.2. The number of para-hydroxylation sites is 2. The minimum Gasteiger partial charge on any atom is -0.508 e. The SMILES string of the molecule is C[C@@H](Oc1ccc(O)cc1)C(=O)N(C)c1ccccc1F.C[C@H](Br)C(=O)N(C)c1ccccc1F. The quantitative estimate of drug-likeness (QED) is 0.411. The summed E-state index contributed by atoms with van der Waals surface area (Å²) in [6.07, 6.45) is -0.779. The molecule has 2 amide bonds. The van der Waals surface area contributed by atoms with E-state index in [-0.39, 0.29) is 28.1 Å². The molecule has 186 valence electrons. The molecule has 2 atom stereocenters. The van der Waals surface area contributed by atoms with E-state index >= 15 is 0 Å². The molecular formula is C26H27BrF2N2O4. The molecule has 0 saturated carbocycles. The number of amides is 2. The highest BCUT2D eigenvalue weighted by Crippen LogP contribution is 2.21. The van der Waals surface area contributed by atoms with Crippen LogP contribution < -0.4 is 14.5 Å². The van der Waals surface area contributed by atoms with E-state index in [0.717, 1.165) is 0 Å². The number of hydrogen-bond acceptors (Lipinski definition) is 4. The monoisotopic (exact) mass is 548 g/mol. The molecule has 0 aliphatic rings. The molecule has 3 rings (SSSR count). The van der Waals surface area contributed by atoms with Gasteiger partial charge in [0.1, 0.15) is 23.1 Å². The Morgan fingerprint density at radius 3 is 1.66 bits per heavy atom. The van der Waals surface area contributed by atoms with Crippen molar-refractivity contribution in [1.29, 1.82) is 0 Å². The number of benzene rings is 3. The van der Waals surface area contributed by atoms with Crippen LogP contribution in [0.4, 0.5) is 20.2 Å². The van der Waals surface area contributed by atoms with E-state index < -0.39 is 17.7 Å². The number of halogens is 3. The van der Waals surface area contributed by atoms with E-state index in [1.165, 1.54) is 47.2 Å². The molecule has 0 saturated heterocycles. The van der Waals surface area contributed by atoms with Crippen LogP contribution in [0.2, 0.25) is 0 Å². The lowest BCUT2D eigenvalue weighted by Crippen LogP contribution is -2.38. The largest absolute Gasteiger partial charge is 0.508 e. The van der Waals surface area contributed by atoms with Crippen molar-refractivity contribution in [3.05, 3.63) is 84.4 Å². The average Bonchev–Trinajstić information content (AvgIpc) is 2.84. The molecule has 0 aliphatic heterocycles. The van der Waals surface area contributed by atoms with E-state index in [1.807, 2.05) is 0 Å². The van der Waals surface area contributed by atoms with Gasteiger partial charge in [-0.25, -0.2) is 8.78 Å². The Balaban J connectivity index is 0.000000269. The summed E-state index contributed by atoms with van der Waals surface area (Å²) in [5, 5.41) is 9.20. The third-order valence-electron chi connectivity index (χ3n) is 4.93. The van der Waals surface area contributed by atoms with Crippen LogP contribution in [-0.2, 0) is 9.59 Å². The van der Waals surface area contributed by atoms with Crippen molar-refractivity contribution in [1.82, 2.24) is 0 Å². The molecule has 0 unspecified atom stereocenters. The first kappa shape index (κ1) is 27.8. The Morgan fingerprint density at radius 2 is 1.23 bits per heavy atom. The van der Waals surface area contributed by atoms with Gasteiger partial charge in [-0.1, -0.05) is 40.2 Å². The molecule has 1 N–H and O–H groups in total. The fourth-order valence-electron chi connectivity index (χ4n) is 3.00. The molecule has 0 aromatic heterocycles. The van der Waals surface area contributed by atoms with Crippen molar-refractivity contribution in [2.45, 2.75) is 24.8 Å². The summed E-state index contributed by atoms with van der Waals surface area (Å²) < 4.78 is 32.4. The summed E-state index contributed by atoms with van der Waals surface area (Å²) in [6.45, 7) is 3.30. The number of carbonyl (C=O) groups excluding carboxylic acids is 2. The molecule has 6 nitrogen and oxygen atoms in total. The minimum atomic E-state index is -0.779. The fraction of sp³-hybridized carbons (Fsp3) is 0.231. The Kier molecular flexibility index (Phi) is 10.2. The van der Waals surface area contributed by atoms with E-state index in [4.69, 9.17) is 4.74 Å². The third-order valence-corrected chi connectivity index (χ3v) is 5.32. The van der Waals surface area contributed by atoms with Crippen LogP contribution in [0.25, 0.3) is 0 Å². The highest BCUT2D eigenvalue weighted by atomic mass is 79.9. The normalized spacial score (nSPS) is 12.0. The molecule has 0 fully saturated rings. The van der Waals surface area contributed by atoms with Crippen molar-refractivity contribution in [3.8, 4) is 11.5 Å². The molecule has 3 aromatic carbocycles.